The molecule has 4 aromatic rings. The van der Waals surface area contributed by atoms with E-state index in [-0.39, 0.29) is 0 Å². The van der Waals surface area contributed by atoms with Crippen LogP contribution in [0.25, 0.3) is 5.65 Å². The van der Waals surface area contributed by atoms with Gasteiger partial charge in [-0.3, -0.25) is 9.38 Å². The summed E-state index contributed by atoms with van der Waals surface area (Å²) >= 11 is 1.64. The number of ether oxygens (including phenoxy) is 1. The van der Waals surface area contributed by atoms with Gasteiger partial charge in [-0.1, -0.05) is 30.0 Å². The van der Waals surface area contributed by atoms with Crippen LogP contribution in [0.4, 0.5) is 0 Å². The SMILES string of the molecule is Cc1cc2nnc(SCc3ccc(OCc4ccccn4)cc3)n2c(C)n1. The van der Waals surface area contributed by atoms with Crippen molar-refractivity contribution in [2.45, 2.75) is 31.4 Å². The Labute approximate surface area is 161 Å². The predicted octanol–water partition coefficient (Wildman–Crippen LogP) is 4.01. The summed E-state index contributed by atoms with van der Waals surface area (Å²) in [6, 6.07) is 15.8. The van der Waals surface area contributed by atoms with Crippen molar-refractivity contribution >= 4 is 17.4 Å². The highest BCUT2D eigenvalue weighted by atomic mass is 32.2. The van der Waals surface area contributed by atoms with E-state index in [4.69, 9.17) is 4.74 Å². The zero-order valence-corrected chi connectivity index (χ0v) is 16.0. The summed E-state index contributed by atoms with van der Waals surface area (Å²) in [4.78, 5) is 8.75. The zero-order valence-electron chi connectivity index (χ0n) is 15.2. The number of aromatic nitrogens is 5. The van der Waals surface area contributed by atoms with Gasteiger partial charge >= 0.3 is 0 Å². The first-order valence-electron chi connectivity index (χ1n) is 8.63. The first-order chi connectivity index (χ1) is 13.2. The molecule has 7 heteroatoms. The molecule has 0 saturated carbocycles. The molecule has 0 N–H and O–H groups in total. The largest absolute Gasteiger partial charge is 0.487 e. The van der Waals surface area contributed by atoms with Gasteiger partial charge in [0.1, 0.15) is 18.2 Å². The Hall–Kier alpha value is -2.93. The highest BCUT2D eigenvalue weighted by Gasteiger charge is 2.10. The van der Waals surface area contributed by atoms with Crippen LogP contribution in [0, 0.1) is 13.8 Å². The second-order valence-corrected chi connectivity index (χ2v) is 7.11. The summed E-state index contributed by atoms with van der Waals surface area (Å²) in [5.41, 5.74) is 3.89. The lowest BCUT2D eigenvalue weighted by molar-refractivity contribution is 0.301. The number of fused-ring (bicyclic) bond motifs is 1. The van der Waals surface area contributed by atoms with E-state index in [9.17, 15) is 0 Å². The van der Waals surface area contributed by atoms with E-state index in [1.54, 1.807) is 18.0 Å². The molecule has 0 atom stereocenters. The number of aryl methyl sites for hydroxylation is 2. The highest BCUT2D eigenvalue weighted by molar-refractivity contribution is 7.98. The van der Waals surface area contributed by atoms with Crippen molar-refractivity contribution in [1.82, 2.24) is 24.6 Å². The van der Waals surface area contributed by atoms with Gasteiger partial charge in [0.2, 0.25) is 0 Å². The zero-order chi connectivity index (χ0) is 18.6. The fraction of sp³-hybridized carbons (Fsp3) is 0.200. The van der Waals surface area contributed by atoms with Crippen LogP contribution in [-0.4, -0.2) is 24.6 Å². The minimum Gasteiger partial charge on any atom is -0.487 e. The van der Waals surface area contributed by atoms with Gasteiger partial charge < -0.3 is 4.74 Å². The van der Waals surface area contributed by atoms with Crippen LogP contribution in [0.3, 0.4) is 0 Å². The first kappa shape index (κ1) is 17.5. The fourth-order valence-corrected chi connectivity index (χ4v) is 3.71. The fourth-order valence-electron chi connectivity index (χ4n) is 2.77. The molecule has 0 aliphatic rings. The van der Waals surface area contributed by atoms with Gasteiger partial charge in [0, 0.05) is 23.7 Å². The second kappa shape index (κ2) is 7.75. The van der Waals surface area contributed by atoms with Crippen molar-refractivity contribution in [3.05, 3.63) is 77.5 Å². The Balaban J connectivity index is 1.39. The van der Waals surface area contributed by atoms with Crippen LogP contribution in [0.2, 0.25) is 0 Å². The van der Waals surface area contributed by atoms with Crippen LogP contribution in [0.5, 0.6) is 5.75 Å². The molecule has 0 aliphatic carbocycles. The molecule has 0 spiro atoms. The van der Waals surface area contributed by atoms with E-state index >= 15 is 0 Å². The van der Waals surface area contributed by atoms with E-state index in [2.05, 4.69) is 32.3 Å². The normalized spacial score (nSPS) is 11.0. The standard InChI is InChI=1S/C20H19N5OS/c1-14-11-19-23-24-20(25(19)15(2)22-14)27-13-16-6-8-18(9-7-16)26-12-17-5-3-4-10-21-17/h3-11H,12-13H2,1-2H3. The maximum Gasteiger partial charge on any atom is 0.197 e. The molecule has 3 heterocycles. The third-order valence-corrected chi connectivity index (χ3v) is 5.06. The number of nitrogens with zero attached hydrogens (tertiary/aromatic N) is 5. The molecule has 0 unspecified atom stereocenters. The maximum absolute atomic E-state index is 5.78. The number of thioether (sulfide) groups is 1. The van der Waals surface area contributed by atoms with Crippen molar-refractivity contribution in [2.75, 3.05) is 0 Å². The molecule has 3 aromatic heterocycles. The molecular formula is C20H19N5OS. The Morgan fingerprint density at radius 1 is 1.04 bits per heavy atom. The third kappa shape index (κ3) is 4.09. The molecule has 4 rings (SSSR count). The van der Waals surface area contributed by atoms with Gasteiger partial charge in [-0.15, -0.1) is 10.2 Å². The number of rotatable bonds is 6. The second-order valence-electron chi connectivity index (χ2n) is 6.16. The van der Waals surface area contributed by atoms with E-state index < -0.39 is 0 Å². The lowest BCUT2D eigenvalue weighted by Gasteiger charge is -2.07. The third-order valence-electron chi connectivity index (χ3n) is 4.06. The van der Waals surface area contributed by atoms with Crippen molar-refractivity contribution in [3.63, 3.8) is 0 Å². The summed E-state index contributed by atoms with van der Waals surface area (Å²) in [5, 5.41) is 9.40. The molecule has 0 fully saturated rings. The minimum absolute atomic E-state index is 0.465. The minimum atomic E-state index is 0.465. The first-order valence-corrected chi connectivity index (χ1v) is 9.61. The van der Waals surface area contributed by atoms with Crippen LogP contribution >= 0.6 is 11.8 Å². The van der Waals surface area contributed by atoms with Crippen molar-refractivity contribution in [1.29, 1.82) is 0 Å². The average Bonchev–Trinajstić information content (AvgIpc) is 3.09. The Bertz CT molecular complexity index is 1050. The van der Waals surface area contributed by atoms with Crippen LogP contribution in [0.15, 0.2) is 59.9 Å². The van der Waals surface area contributed by atoms with Gasteiger partial charge in [0.25, 0.3) is 0 Å². The number of pyridine rings is 1. The van der Waals surface area contributed by atoms with Crippen molar-refractivity contribution in [2.24, 2.45) is 0 Å². The molecule has 1 aromatic carbocycles. The Morgan fingerprint density at radius 2 is 1.89 bits per heavy atom. The smallest absolute Gasteiger partial charge is 0.197 e. The van der Waals surface area contributed by atoms with E-state index in [0.717, 1.165) is 39.5 Å². The molecule has 6 nitrogen and oxygen atoms in total. The molecule has 0 bridgehead atoms. The molecule has 0 saturated heterocycles. The van der Waals surface area contributed by atoms with Gasteiger partial charge in [-0.05, 0) is 43.7 Å². The summed E-state index contributed by atoms with van der Waals surface area (Å²) in [6.07, 6.45) is 1.77. The predicted molar refractivity (Wildman–Crippen MR) is 105 cm³/mol. The lowest BCUT2D eigenvalue weighted by atomic mass is 10.2. The van der Waals surface area contributed by atoms with Gasteiger partial charge in [-0.25, -0.2) is 4.98 Å². The molecule has 0 aliphatic heterocycles. The highest BCUT2D eigenvalue weighted by Crippen LogP contribution is 2.24. The van der Waals surface area contributed by atoms with Gasteiger partial charge in [0.05, 0.1) is 5.69 Å². The molecule has 136 valence electrons. The molecular weight excluding hydrogens is 358 g/mol. The molecule has 0 radical (unpaired) electrons. The van der Waals surface area contributed by atoms with Crippen LogP contribution in [-0.2, 0) is 12.4 Å². The number of hydrogen-bond donors (Lipinski definition) is 0. The summed E-state index contributed by atoms with van der Waals surface area (Å²) < 4.78 is 7.77. The maximum atomic E-state index is 5.78. The van der Waals surface area contributed by atoms with Crippen molar-refractivity contribution < 1.29 is 4.74 Å². The number of hydrogen-bond acceptors (Lipinski definition) is 6. The van der Waals surface area contributed by atoms with Crippen LogP contribution in [0.1, 0.15) is 22.8 Å². The van der Waals surface area contributed by atoms with E-state index in [0.29, 0.717) is 6.61 Å². The quantitative estimate of drug-likeness (QED) is 0.473. The van der Waals surface area contributed by atoms with Crippen molar-refractivity contribution in [3.8, 4) is 5.75 Å². The Kier molecular flexibility index (Phi) is 5.02. The lowest BCUT2D eigenvalue weighted by Crippen LogP contribution is -1.99. The van der Waals surface area contributed by atoms with Gasteiger partial charge in [0.15, 0.2) is 10.8 Å². The number of benzene rings is 1. The molecule has 27 heavy (non-hydrogen) atoms. The summed E-state index contributed by atoms with van der Waals surface area (Å²) in [5.74, 6) is 2.53. The molecule has 0 amide bonds. The monoisotopic (exact) mass is 377 g/mol. The van der Waals surface area contributed by atoms with Crippen LogP contribution < -0.4 is 4.74 Å². The van der Waals surface area contributed by atoms with E-state index in [1.165, 1.54) is 5.56 Å². The summed E-state index contributed by atoms with van der Waals surface area (Å²) in [6.45, 7) is 4.40. The summed E-state index contributed by atoms with van der Waals surface area (Å²) in [7, 11) is 0. The average molecular weight is 377 g/mol. The van der Waals surface area contributed by atoms with Gasteiger partial charge in [-0.2, -0.15) is 0 Å². The topological polar surface area (TPSA) is 65.2 Å². The Morgan fingerprint density at radius 3 is 2.67 bits per heavy atom. The van der Waals surface area contributed by atoms with E-state index in [1.807, 2.05) is 54.6 Å².